The zero-order valence-corrected chi connectivity index (χ0v) is 18.9. The Bertz CT molecular complexity index is 1300. The molecule has 0 aliphatic carbocycles. The lowest BCUT2D eigenvalue weighted by molar-refractivity contribution is 0.0526. The molecule has 9 heteroatoms. The van der Waals surface area contributed by atoms with E-state index in [0.29, 0.717) is 34.4 Å². The lowest BCUT2D eigenvalue weighted by Gasteiger charge is -2.08. The van der Waals surface area contributed by atoms with Gasteiger partial charge in [0.25, 0.3) is 0 Å². The van der Waals surface area contributed by atoms with Gasteiger partial charge in [0.2, 0.25) is 5.78 Å². The van der Waals surface area contributed by atoms with Crippen molar-refractivity contribution in [2.45, 2.75) is 6.92 Å². The standard InChI is InChI=1S/C24H17Cl2N3O4/c1-2-32-24(31)15-3-7-17(8-4-15)29-14-22(27-28-29)23(30)20-12-11-19(13-21(20)26)33-18-9-5-16(25)6-10-18/h3-14H,2H2,1H3. The molecule has 33 heavy (non-hydrogen) atoms. The molecule has 1 aromatic heterocycles. The number of benzene rings is 3. The van der Waals surface area contributed by atoms with Crippen LogP contribution in [0, 0.1) is 0 Å². The lowest BCUT2D eigenvalue weighted by atomic mass is 10.1. The van der Waals surface area contributed by atoms with E-state index in [0.717, 1.165) is 0 Å². The van der Waals surface area contributed by atoms with E-state index in [4.69, 9.17) is 32.7 Å². The van der Waals surface area contributed by atoms with Crippen molar-refractivity contribution in [3.63, 3.8) is 0 Å². The van der Waals surface area contributed by atoms with E-state index >= 15 is 0 Å². The third-order valence-corrected chi connectivity index (χ3v) is 5.17. The van der Waals surface area contributed by atoms with Gasteiger partial charge >= 0.3 is 5.97 Å². The van der Waals surface area contributed by atoms with Crippen LogP contribution >= 0.6 is 23.2 Å². The molecule has 0 N–H and O–H groups in total. The van der Waals surface area contributed by atoms with Crippen LogP contribution < -0.4 is 4.74 Å². The van der Waals surface area contributed by atoms with Crippen molar-refractivity contribution in [3.05, 3.63) is 99.8 Å². The molecule has 4 aromatic rings. The third kappa shape index (κ3) is 5.22. The van der Waals surface area contributed by atoms with Crippen molar-refractivity contribution >= 4 is 35.0 Å². The molecule has 0 aliphatic rings. The maximum atomic E-state index is 12.9. The Morgan fingerprint density at radius 2 is 1.64 bits per heavy atom. The van der Waals surface area contributed by atoms with Crippen molar-refractivity contribution in [3.8, 4) is 17.2 Å². The maximum Gasteiger partial charge on any atom is 0.338 e. The first-order chi connectivity index (χ1) is 15.9. The van der Waals surface area contributed by atoms with E-state index in [9.17, 15) is 9.59 Å². The molecule has 0 aliphatic heterocycles. The number of carbonyl (C=O) groups excluding carboxylic acids is 2. The number of nitrogens with zero attached hydrogens (tertiary/aromatic N) is 3. The number of rotatable bonds is 7. The minimum atomic E-state index is -0.406. The average Bonchev–Trinajstić information content (AvgIpc) is 3.31. The second-order valence-corrected chi connectivity index (χ2v) is 7.69. The largest absolute Gasteiger partial charge is 0.462 e. The van der Waals surface area contributed by atoms with Crippen molar-refractivity contribution in [1.82, 2.24) is 15.0 Å². The zero-order valence-electron chi connectivity index (χ0n) is 17.4. The molecule has 166 valence electrons. The maximum absolute atomic E-state index is 12.9. The number of aromatic nitrogens is 3. The van der Waals surface area contributed by atoms with Crippen molar-refractivity contribution in [1.29, 1.82) is 0 Å². The lowest BCUT2D eigenvalue weighted by Crippen LogP contribution is -2.05. The molecule has 4 rings (SSSR count). The highest BCUT2D eigenvalue weighted by molar-refractivity contribution is 6.35. The second-order valence-electron chi connectivity index (χ2n) is 6.84. The number of ketones is 1. The zero-order chi connectivity index (χ0) is 23.4. The first-order valence-corrected chi connectivity index (χ1v) is 10.7. The fourth-order valence-electron chi connectivity index (χ4n) is 2.98. The molecule has 0 atom stereocenters. The SMILES string of the molecule is CCOC(=O)c1ccc(-n2cc(C(=O)c3ccc(Oc4ccc(Cl)cc4)cc3Cl)nn2)cc1. The van der Waals surface area contributed by atoms with Gasteiger partial charge in [0.05, 0.1) is 29.1 Å². The van der Waals surface area contributed by atoms with Gasteiger partial charge in [-0.15, -0.1) is 5.10 Å². The second kappa shape index (κ2) is 9.85. The normalized spacial score (nSPS) is 10.6. The van der Waals surface area contributed by atoms with Crippen LogP contribution in [0.5, 0.6) is 11.5 Å². The summed E-state index contributed by atoms with van der Waals surface area (Å²) in [6.45, 7) is 2.04. The first kappa shape index (κ1) is 22.5. The van der Waals surface area contributed by atoms with Gasteiger partial charge in [-0.3, -0.25) is 4.79 Å². The molecule has 0 bridgehead atoms. The van der Waals surface area contributed by atoms with E-state index in [1.54, 1.807) is 73.7 Å². The molecule has 3 aromatic carbocycles. The Balaban J connectivity index is 1.49. The molecule has 0 fully saturated rings. The van der Waals surface area contributed by atoms with Crippen LogP contribution in [0.2, 0.25) is 10.0 Å². The van der Waals surface area contributed by atoms with Crippen molar-refractivity contribution in [2.24, 2.45) is 0 Å². The van der Waals surface area contributed by atoms with Crippen LogP contribution in [0.4, 0.5) is 0 Å². The Labute approximate surface area is 199 Å². The Morgan fingerprint density at radius 3 is 2.30 bits per heavy atom. The molecule has 0 spiro atoms. The van der Waals surface area contributed by atoms with Gasteiger partial charge in [0.15, 0.2) is 5.69 Å². The minimum absolute atomic E-state index is 0.123. The van der Waals surface area contributed by atoms with Gasteiger partial charge < -0.3 is 9.47 Å². The predicted octanol–water partition coefficient (Wildman–Crippen LogP) is 5.77. The summed E-state index contributed by atoms with van der Waals surface area (Å²) < 4.78 is 12.1. The number of carbonyl (C=O) groups is 2. The molecule has 0 amide bonds. The molecular formula is C24H17Cl2N3O4. The summed E-state index contributed by atoms with van der Waals surface area (Å²) >= 11 is 12.2. The fourth-order valence-corrected chi connectivity index (χ4v) is 3.36. The molecule has 1 heterocycles. The Hall–Kier alpha value is -3.68. The Kier molecular flexibility index (Phi) is 6.72. The van der Waals surface area contributed by atoms with Gasteiger partial charge in [-0.05, 0) is 67.6 Å². The van der Waals surface area contributed by atoms with Gasteiger partial charge in [-0.2, -0.15) is 0 Å². The number of halogens is 2. The highest BCUT2D eigenvalue weighted by Gasteiger charge is 2.18. The van der Waals surface area contributed by atoms with E-state index in [1.165, 1.54) is 10.9 Å². The van der Waals surface area contributed by atoms with Crippen molar-refractivity contribution in [2.75, 3.05) is 6.61 Å². The molecule has 7 nitrogen and oxygen atoms in total. The smallest absolute Gasteiger partial charge is 0.338 e. The highest BCUT2D eigenvalue weighted by atomic mass is 35.5. The van der Waals surface area contributed by atoms with Gasteiger partial charge in [0.1, 0.15) is 11.5 Å². The summed E-state index contributed by atoms with van der Waals surface area (Å²) in [5.41, 5.74) is 1.44. The van der Waals surface area contributed by atoms with Crippen molar-refractivity contribution < 1.29 is 19.1 Å². The molecule has 0 saturated heterocycles. The van der Waals surface area contributed by atoms with Crippen LogP contribution in [0.15, 0.2) is 72.9 Å². The first-order valence-electron chi connectivity index (χ1n) is 9.92. The third-order valence-electron chi connectivity index (χ3n) is 4.60. The number of hydrogen-bond acceptors (Lipinski definition) is 6. The van der Waals surface area contributed by atoms with Crippen LogP contribution in [0.1, 0.15) is 33.3 Å². The molecule has 0 unspecified atom stereocenters. The molecular weight excluding hydrogens is 465 g/mol. The topological polar surface area (TPSA) is 83.3 Å². The molecule has 0 saturated carbocycles. The molecule has 0 radical (unpaired) electrons. The number of esters is 1. The summed E-state index contributed by atoms with van der Waals surface area (Å²) in [4.78, 5) is 24.7. The van der Waals surface area contributed by atoms with E-state index in [1.807, 2.05) is 0 Å². The van der Waals surface area contributed by atoms with E-state index in [2.05, 4.69) is 10.3 Å². The summed E-state index contributed by atoms with van der Waals surface area (Å²) in [5, 5.41) is 8.79. The minimum Gasteiger partial charge on any atom is -0.462 e. The summed E-state index contributed by atoms with van der Waals surface area (Å²) in [5.74, 6) is 0.278. The van der Waals surface area contributed by atoms with Gasteiger partial charge in [0, 0.05) is 16.7 Å². The summed E-state index contributed by atoms with van der Waals surface area (Å²) in [6.07, 6.45) is 1.50. The summed E-state index contributed by atoms with van der Waals surface area (Å²) in [7, 11) is 0. The highest BCUT2D eigenvalue weighted by Crippen LogP contribution is 2.28. The number of ether oxygens (including phenoxy) is 2. The monoisotopic (exact) mass is 481 g/mol. The Morgan fingerprint density at radius 1 is 0.939 bits per heavy atom. The summed E-state index contributed by atoms with van der Waals surface area (Å²) in [6, 6.07) is 18.3. The van der Waals surface area contributed by atoms with Crippen LogP contribution in [0.25, 0.3) is 5.69 Å². The van der Waals surface area contributed by atoms with Crippen LogP contribution in [0.3, 0.4) is 0 Å². The van der Waals surface area contributed by atoms with Gasteiger partial charge in [-0.25, -0.2) is 9.48 Å². The number of hydrogen-bond donors (Lipinski definition) is 0. The van der Waals surface area contributed by atoms with Crippen LogP contribution in [-0.4, -0.2) is 33.4 Å². The predicted molar refractivity (Wildman–Crippen MR) is 124 cm³/mol. The average molecular weight is 482 g/mol. The fraction of sp³-hybridized carbons (Fsp3) is 0.0833. The van der Waals surface area contributed by atoms with E-state index < -0.39 is 5.97 Å². The van der Waals surface area contributed by atoms with E-state index in [-0.39, 0.29) is 22.1 Å². The van der Waals surface area contributed by atoms with Gasteiger partial charge in [-0.1, -0.05) is 28.4 Å². The van der Waals surface area contributed by atoms with Crippen LogP contribution in [-0.2, 0) is 4.74 Å². The quantitative estimate of drug-likeness (QED) is 0.246.